The van der Waals surface area contributed by atoms with Crippen LogP contribution >= 0.6 is 0 Å². The number of benzene rings is 4. The fraction of sp³-hybridized carbons (Fsp3) is 0.348. The molecule has 0 aliphatic carbocycles. The number of hydrogen-bond donors (Lipinski definition) is 2. The summed E-state index contributed by atoms with van der Waals surface area (Å²) in [6.45, 7) is 12.6. The van der Waals surface area contributed by atoms with Crippen molar-refractivity contribution in [1.82, 2.24) is 9.13 Å². The van der Waals surface area contributed by atoms with E-state index in [2.05, 4.69) is 131 Å². The van der Waals surface area contributed by atoms with Gasteiger partial charge in [-0.3, -0.25) is 0 Å². The molecular formula is C46H52N4O2+2. The summed E-state index contributed by atoms with van der Waals surface area (Å²) in [5, 5.41) is 30.2. The average Bonchev–Trinajstić information content (AvgIpc) is 3.68. The molecule has 4 heterocycles. The first-order chi connectivity index (χ1) is 25.4. The summed E-state index contributed by atoms with van der Waals surface area (Å²) in [7, 11) is 0. The zero-order valence-electron chi connectivity index (χ0n) is 31.3. The predicted molar refractivity (Wildman–Crippen MR) is 215 cm³/mol. The van der Waals surface area contributed by atoms with Crippen molar-refractivity contribution in [1.29, 1.82) is 0 Å². The molecule has 52 heavy (non-hydrogen) atoms. The van der Waals surface area contributed by atoms with Crippen molar-refractivity contribution in [2.45, 2.75) is 92.4 Å². The van der Waals surface area contributed by atoms with Crippen LogP contribution in [0.4, 0.5) is 0 Å². The molecule has 0 aliphatic rings. The summed E-state index contributed by atoms with van der Waals surface area (Å²) in [5.74, 6) is 0. The van der Waals surface area contributed by atoms with E-state index in [-0.39, 0.29) is 13.2 Å². The number of aliphatic hydroxyl groups is 2. The van der Waals surface area contributed by atoms with Crippen LogP contribution in [0.25, 0.3) is 65.2 Å². The van der Waals surface area contributed by atoms with Crippen LogP contribution in [0, 0.1) is 27.7 Å². The second kappa shape index (κ2) is 14.3. The highest BCUT2D eigenvalue weighted by Gasteiger charge is 2.21. The van der Waals surface area contributed by atoms with Crippen molar-refractivity contribution in [3.63, 3.8) is 0 Å². The van der Waals surface area contributed by atoms with Gasteiger partial charge < -0.3 is 19.3 Å². The van der Waals surface area contributed by atoms with Gasteiger partial charge in [-0.1, -0.05) is 49.2 Å². The molecule has 0 unspecified atom stereocenters. The molecule has 0 saturated carbocycles. The monoisotopic (exact) mass is 692 g/mol. The Balaban J connectivity index is 0.895. The van der Waals surface area contributed by atoms with E-state index in [1.807, 2.05) is 0 Å². The van der Waals surface area contributed by atoms with Gasteiger partial charge in [0.2, 0.25) is 0 Å². The van der Waals surface area contributed by atoms with Gasteiger partial charge in [-0.2, -0.15) is 0 Å². The number of hydrogen-bond acceptors (Lipinski definition) is 2. The molecule has 0 fully saturated rings. The average molecular weight is 693 g/mol. The van der Waals surface area contributed by atoms with E-state index in [4.69, 9.17) is 0 Å². The van der Waals surface area contributed by atoms with Crippen LogP contribution in [0.3, 0.4) is 0 Å². The predicted octanol–water partition coefficient (Wildman–Crippen LogP) is 9.04. The summed E-state index contributed by atoms with van der Waals surface area (Å²) >= 11 is 0. The molecule has 0 saturated heterocycles. The molecule has 0 aliphatic heterocycles. The lowest BCUT2D eigenvalue weighted by Crippen LogP contribution is -2.32. The molecule has 8 rings (SSSR count). The maximum atomic E-state index is 9.86. The maximum Gasteiger partial charge on any atom is 0.176 e. The first-order valence-corrected chi connectivity index (χ1v) is 19.3. The quantitative estimate of drug-likeness (QED) is 0.0936. The number of aromatic nitrogens is 4. The Morgan fingerprint density at radius 3 is 1.29 bits per heavy atom. The van der Waals surface area contributed by atoms with Crippen molar-refractivity contribution in [3.8, 4) is 0 Å². The summed E-state index contributed by atoms with van der Waals surface area (Å²) < 4.78 is 9.36. The van der Waals surface area contributed by atoms with Gasteiger partial charge in [0.05, 0.1) is 24.2 Å². The Bertz CT molecular complexity index is 2430. The van der Waals surface area contributed by atoms with E-state index in [0.717, 1.165) is 13.1 Å². The molecule has 6 heteroatoms. The third-order valence-corrected chi connectivity index (χ3v) is 11.8. The van der Waals surface area contributed by atoms with Crippen LogP contribution in [-0.2, 0) is 26.2 Å². The maximum absolute atomic E-state index is 9.86. The van der Waals surface area contributed by atoms with Gasteiger partial charge >= 0.3 is 0 Å². The summed E-state index contributed by atoms with van der Waals surface area (Å²) in [5.41, 5.74) is 10.1. The van der Waals surface area contributed by atoms with Crippen LogP contribution in [0.2, 0.25) is 0 Å². The van der Waals surface area contributed by atoms with Gasteiger partial charge in [0.1, 0.15) is 13.1 Å². The zero-order chi connectivity index (χ0) is 35.9. The number of aryl methyl sites for hydroxylation is 6. The molecule has 8 aromatic rings. The third-order valence-electron chi connectivity index (χ3n) is 11.8. The highest BCUT2D eigenvalue weighted by atomic mass is 16.3. The number of pyridine rings is 2. The second-order valence-corrected chi connectivity index (χ2v) is 14.9. The minimum absolute atomic E-state index is 0.131. The highest BCUT2D eigenvalue weighted by Crippen LogP contribution is 2.39. The zero-order valence-corrected chi connectivity index (χ0v) is 31.3. The minimum atomic E-state index is 0.131. The van der Waals surface area contributed by atoms with Crippen molar-refractivity contribution in [2.75, 3.05) is 13.2 Å². The van der Waals surface area contributed by atoms with Crippen molar-refractivity contribution in [2.24, 2.45) is 0 Å². The lowest BCUT2D eigenvalue weighted by atomic mass is 9.97. The Morgan fingerprint density at radius 2 is 0.865 bits per heavy atom. The second-order valence-electron chi connectivity index (χ2n) is 14.9. The molecule has 0 radical (unpaired) electrons. The van der Waals surface area contributed by atoms with Crippen LogP contribution in [0.5, 0.6) is 0 Å². The molecule has 0 atom stereocenters. The summed E-state index contributed by atoms with van der Waals surface area (Å²) in [6.07, 6.45) is 16.6. The van der Waals surface area contributed by atoms with Gasteiger partial charge in [0.15, 0.2) is 24.8 Å². The highest BCUT2D eigenvalue weighted by molar-refractivity contribution is 6.18. The SMILES string of the molecule is Cc1c2c[n+](CCCCCCCC[n+]3ccc4c(C)c5c(c(C)c4c3)c3ccccc3n5CCO)ccc2c(C)c2c1c1ccccc1n2CCO. The molecule has 4 aromatic carbocycles. The molecule has 0 bridgehead atoms. The van der Waals surface area contributed by atoms with E-state index in [1.54, 1.807) is 0 Å². The number of unbranched alkanes of at least 4 members (excludes halogenated alkanes) is 5. The fourth-order valence-corrected chi connectivity index (χ4v) is 9.24. The van der Waals surface area contributed by atoms with Crippen molar-refractivity contribution >= 4 is 65.2 Å². The van der Waals surface area contributed by atoms with Crippen LogP contribution in [-0.4, -0.2) is 32.6 Å². The van der Waals surface area contributed by atoms with Gasteiger partial charge in [0.25, 0.3) is 0 Å². The van der Waals surface area contributed by atoms with Crippen LogP contribution in [0.1, 0.15) is 60.8 Å². The lowest BCUT2D eigenvalue weighted by Gasteiger charge is -2.12. The third kappa shape index (κ3) is 5.73. The number of para-hydroxylation sites is 2. The van der Waals surface area contributed by atoms with Crippen molar-refractivity contribution in [3.05, 3.63) is 108 Å². The Hall–Kier alpha value is -4.78. The number of nitrogens with zero attached hydrogens (tertiary/aromatic N) is 4. The Kier molecular flexibility index (Phi) is 9.45. The van der Waals surface area contributed by atoms with Gasteiger partial charge in [-0.15, -0.1) is 0 Å². The normalized spacial score (nSPS) is 12.2. The van der Waals surface area contributed by atoms with Crippen molar-refractivity contribution < 1.29 is 19.3 Å². The van der Waals surface area contributed by atoms with E-state index in [1.165, 1.54) is 126 Å². The fourth-order valence-electron chi connectivity index (χ4n) is 9.24. The molecule has 266 valence electrons. The standard InChI is InChI=1S/C46H52N4O2/c1-31-39-29-47(23-19-35(39)33(3)45-43(31)37-15-9-11-17-41(37)49(45)25-27-51)21-13-7-5-6-8-14-22-48-24-20-36-34(4)46-44(32(2)40(36)30-48)38-16-10-12-18-42(38)50(46)26-28-52/h9-12,15-20,23-24,29-30,51-52H,5-8,13-14,21-22,25-28H2,1-4H3/q+2. The minimum Gasteiger partial charge on any atom is -0.395 e. The largest absolute Gasteiger partial charge is 0.395 e. The molecule has 6 nitrogen and oxygen atoms in total. The lowest BCUT2D eigenvalue weighted by molar-refractivity contribution is -0.696. The molecular weight excluding hydrogens is 641 g/mol. The molecule has 0 amide bonds. The number of rotatable bonds is 13. The molecule has 2 N–H and O–H groups in total. The smallest absolute Gasteiger partial charge is 0.176 e. The molecule has 4 aromatic heterocycles. The van der Waals surface area contributed by atoms with E-state index in [0.29, 0.717) is 13.1 Å². The van der Waals surface area contributed by atoms with Crippen LogP contribution in [0.15, 0.2) is 85.5 Å². The Morgan fingerprint density at radius 1 is 0.462 bits per heavy atom. The first kappa shape index (κ1) is 34.3. The van der Waals surface area contributed by atoms with E-state index in [9.17, 15) is 10.2 Å². The van der Waals surface area contributed by atoms with Gasteiger partial charge in [0, 0.05) is 81.4 Å². The van der Waals surface area contributed by atoms with Gasteiger partial charge in [-0.05, 0) is 85.7 Å². The van der Waals surface area contributed by atoms with Crippen LogP contribution < -0.4 is 9.13 Å². The first-order valence-electron chi connectivity index (χ1n) is 19.3. The van der Waals surface area contributed by atoms with E-state index < -0.39 is 0 Å². The number of fused-ring (bicyclic) bond motifs is 8. The van der Waals surface area contributed by atoms with E-state index >= 15 is 0 Å². The topological polar surface area (TPSA) is 58.1 Å². The van der Waals surface area contributed by atoms with Gasteiger partial charge in [-0.25, -0.2) is 9.13 Å². The summed E-state index contributed by atoms with van der Waals surface area (Å²) in [4.78, 5) is 0. The Labute approximate surface area is 306 Å². The number of aliphatic hydroxyl groups excluding tert-OH is 2. The molecule has 0 spiro atoms. The summed E-state index contributed by atoms with van der Waals surface area (Å²) in [6, 6.07) is 21.8.